The Balaban J connectivity index is 2.15. The van der Waals surface area contributed by atoms with Crippen molar-refractivity contribution in [1.82, 2.24) is 9.78 Å². The van der Waals surface area contributed by atoms with Crippen LogP contribution < -0.4 is 14.2 Å². The van der Waals surface area contributed by atoms with Crippen LogP contribution in [0.3, 0.4) is 0 Å². The van der Waals surface area contributed by atoms with E-state index in [0.717, 1.165) is 11.3 Å². The van der Waals surface area contributed by atoms with Crippen LogP contribution in [0, 0.1) is 10.1 Å². The molecule has 0 fully saturated rings. The van der Waals surface area contributed by atoms with Gasteiger partial charge in [0.05, 0.1) is 43.8 Å². The molecule has 0 radical (unpaired) electrons. The Morgan fingerprint density at radius 3 is 2.27 bits per heavy atom. The van der Waals surface area contributed by atoms with Crippen molar-refractivity contribution in [2.75, 3.05) is 21.3 Å². The molecule has 0 saturated heterocycles. The van der Waals surface area contributed by atoms with Gasteiger partial charge in [0.25, 0.3) is 5.69 Å². The molecule has 134 valence electrons. The van der Waals surface area contributed by atoms with Crippen molar-refractivity contribution < 1.29 is 19.1 Å². The SMILES string of the molecule is COc1cc(-c2ccnn2-c2cccc([N+](=O)[O-])c2)cc(OC)c1OC. The second-order valence-electron chi connectivity index (χ2n) is 5.32. The van der Waals surface area contributed by atoms with Crippen LogP contribution in [0.25, 0.3) is 16.9 Å². The highest BCUT2D eigenvalue weighted by molar-refractivity contribution is 5.70. The van der Waals surface area contributed by atoms with Gasteiger partial charge in [0.2, 0.25) is 5.75 Å². The molecule has 0 N–H and O–H groups in total. The number of methoxy groups -OCH3 is 3. The van der Waals surface area contributed by atoms with Crippen molar-refractivity contribution in [2.45, 2.75) is 0 Å². The molecule has 3 aromatic rings. The molecule has 2 aromatic carbocycles. The van der Waals surface area contributed by atoms with E-state index in [0.29, 0.717) is 22.9 Å². The molecule has 0 aliphatic rings. The molecule has 1 aromatic heterocycles. The summed E-state index contributed by atoms with van der Waals surface area (Å²) in [4.78, 5) is 10.6. The number of non-ortho nitro benzene ring substituents is 1. The minimum atomic E-state index is -0.438. The molecule has 0 aliphatic heterocycles. The quantitative estimate of drug-likeness (QED) is 0.497. The summed E-state index contributed by atoms with van der Waals surface area (Å²) in [6.45, 7) is 0. The Morgan fingerprint density at radius 2 is 1.69 bits per heavy atom. The van der Waals surface area contributed by atoms with Crippen LogP contribution in [0.1, 0.15) is 0 Å². The van der Waals surface area contributed by atoms with Crippen LogP contribution in [0.15, 0.2) is 48.7 Å². The summed E-state index contributed by atoms with van der Waals surface area (Å²) < 4.78 is 17.7. The van der Waals surface area contributed by atoms with E-state index in [1.807, 2.05) is 0 Å². The molecular formula is C18H17N3O5. The molecule has 0 spiro atoms. The van der Waals surface area contributed by atoms with Gasteiger partial charge >= 0.3 is 0 Å². The molecular weight excluding hydrogens is 338 g/mol. The van der Waals surface area contributed by atoms with Gasteiger partial charge in [0.1, 0.15) is 0 Å². The van der Waals surface area contributed by atoms with Crippen molar-refractivity contribution in [3.8, 4) is 34.2 Å². The van der Waals surface area contributed by atoms with Gasteiger partial charge in [-0.1, -0.05) is 6.07 Å². The Hall–Kier alpha value is -3.55. The molecule has 0 unspecified atom stereocenters. The molecule has 0 atom stereocenters. The summed E-state index contributed by atoms with van der Waals surface area (Å²) >= 11 is 0. The summed E-state index contributed by atoms with van der Waals surface area (Å²) in [5.41, 5.74) is 2.06. The number of hydrogen-bond donors (Lipinski definition) is 0. The van der Waals surface area contributed by atoms with Gasteiger partial charge in [-0.2, -0.15) is 5.10 Å². The minimum Gasteiger partial charge on any atom is -0.493 e. The third kappa shape index (κ3) is 3.04. The molecule has 3 rings (SSSR count). The van der Waals surface area contributed by atoms with Crippen LogP contribution in [-0.2, 0) is 0 Å². The maximum absolute atomic E-state index is 11.0. The summed E-state index contributed by atoms with van der Waals surface area (Å²) in [7, 11) is 4.62. The number of benzene rings is 2. The molecule has 0 amide bonds. The standard InChI is InChI=1S/C18H17N3O5/c1-24-16-9-12(10-17(25-2)18(16)26-3)15-7-8-19-20(15)13-5-4-6-14(11-13)21(22)23/h4-11H,1-3H3. The fraction of sp³-hybridized carbons (Fsp3) is 0.167. The van der Waals surface area contributed by atoms with Gasteiger partial charge in [-0.05, 0) is 24.3 Å². The summed E-state index contributed by atoms with van der Waals surface area (Å²) in [6.07, 6.45) is 1.62. The summed E-state index contributed by atoms with van der Waals surface area (Å²) in [5, 5.41) is 15.3. The first kappa shape index (κ1) is 17.3. The van der Waals surface area contributed by atoms with Crippen molar-refractivity contribution in [3.05, 3.63) is 58.8 Å². The molecule has 0 bridgehead atoms. The largest absolute Gasteiger partial charge is 0.493 e. The maximum Gasteiger partial charge on any atom is 0.271 e. The third-order valence-electron chi connectivity index (χ3n) is 3.89. The van der Waals surface area contributed by atoms with E-state index in [1.54, 1.807) is 55.4 Å². The maximum atomic E-state index is 11.0. The Labute approximate surface area is 149 Å². The van der Waals surface area contributed by atoms with E-state index in [9.17, 15) is 10.1 Å². The Bertz CT molecular complexity index is 926. The topological polar surface area (TPSA) is 88.7 Å². The first-order valence-corrected chi connectivity index (χ1v) is 7.68. The van der Waals surface area contributed by atoms with Gasteiger partial charge in [-0.3, -0.25) is 10.1 Å². The van der Waals surface area contributed by atoms with E-state index < -0.39 is 4.92 Å². The van der Waals surface area contributed by atoms with Crippen molar-refractivity contribution in [2.24, 2.45) is 0 Å². The second-order valence-corrected chi connectivity index (χ2v) is 5.32. The zero-order valence-corrected chi connectivity index (χ0v) is 14.5. The van der Waals surface area contributed by atoms with Gasteiger partial charge in [0, 0.05) is 17.7 Å². The van der Waals surface area contributed by atoms with E-state index in [2.05, 4.69) is 5.10 Å². The Kier molecular flexibility index (Phi) is 4.74. The number of rotatable bonds is 6. The predicted molar refractivity (Wildman–Crippen MR) is 95.3 cm³/mol. The second kappa shape index (κ2) is 7.14. The van der Waals surface area contributed by atoms with E-state index in [1.165, 1.54) is 19.2 Å². The summed E-state index contributed by atoms with van der Waals surface area (Å²) in [6, 6.07) is 11.7. The predicted octanol–water partition coefficient (Wildman–Crippen LogP) is 3.47. The lowest BCUT2D eigenvalue weighted by Crippen LogP contribution is -2.01. The highest BCUT2D eigenvalue weighted by Crippen LogP contribution is 2.41. The molecule has 1 heterocycles. The van der Waals surface area contributed by atoms with Crippen molar-refractivity contribution in [1.29, 1.82) is 0 Å². The van der Waals surface area contributed by atoms with Gasteiger partial charge < -0.3 is 14.2 Å². The van der Waals surface area contributed by atoms with Crippen LogP contribution in [0.5, 0.6) is 17.2 Å². The third-order valence-corrected chi connectivity index (χ3v) is 3.89. The van der Waals surface area contributed by atoms with E-state index in [4.69, 9.17) is 14.2 Å². The highest BCUT2D eigenvalue weighted by atomic mass is 16.6. The number of aromatic nitrogens is 2. The molecule has 8 heteroatoms. The van der Waals surface area contributed by atoms with Gasteiger partial charge in [0.15, 0.2) is 11.5 Å². The van der Waals surface area contributed by atoms with E-state index >= 15 is 0 Å². The van der Waals surface area contributed by atoms with Crippen molar-refractivity contribution >= 4 is 5.69 Å². The van der Waals surface area contributed by atoms with Crippen LogP contribution in [0.4, 0.5) is 5.69 Å². The normalized spacial score (nSPS) is 10.4. The molecule has 0 aliphatic carbocycles. The average Bonchev–Trinajstić information content (AvgIpc) is 3.16. The fourth-order valence-corrected chi connectivity index (χ4v) is 2.69. The number of nitro groups is 1. The van der Waals surface area contributed by atoms with E-state index in [-0.39, 0.29) is 5.69 Å². The molecule has 26 heavy (non-hydrogen) atoms. The monoisotopic (exact) mass is 355 g/mol. The van der Waals surface area contributed by atoms with Crippen LogP contribution in [-0.4, -0.2) is 36.0 Å². The fourth-order valence-electron chi connectivity index (χ4n) is 2.69. The first-order chi connectivity index (χ1) is 12.6. The lowest BCUT2D eigenvalue weighted by atomic mass is 10.1. The smallest absolute Gasteiger partial charge is 0.271 e. The van der Waals surface area contributed by atoms with Crippen molar-refractivity contribution in [3.63, 3.8) is 0 Å². The zero-order chi connectivity index (χ0) is 18.7. The van der Waals surface area contributed by atoms with Crippen LogP contribution >= 0.6 is 0 Å². The van der Waals surface area contributed by atoms with Crippen LogP contribution in [0.2, 0.25) is 0 Å². The zero-order valence-electron chi connectivity index (χ0n) is 14.5. The lowest BCUT2D eigenvalue weighted by molar-refractivity contribution is -0.384. The number of nitrogens with zero attached hydrogens (tertiary/aromatic N) is 3. The summed E-state index contributed by atoms with van der Waals surface area (Å²) in [5.74, 6) is 1.50. The number of hydrogen-bond acceptors (Lipinski definition) is 6. The molecule has 8 nitrogen and oxygen atoms in total. The average molecular weight is 355 g/mol. The lowest BCUT2D eigenvalue weighted by Gasteiger charge is -2.15. The number of nitro benzene ring substituents is 1. The van der Waals surface area contributed by atoms with Gasteiger partial charge in [-0.15, -0.1) is 0 Å². The van der Waals surface area contributed by atoms with Gasteiger partial charge in [-0.25, -0.2) is 4.68 Å². The highest BCUT2D eigenvalue weighted by Gasteiger charge is 2.17. The first-order valence-electron chi connectivity index (χ1n) is 7.68. The minimum absolute atomic E-state index is 0.00570. The number of ether oxygens (including phenoxy) is 3. The molecule has 0 saturated carbocycles. The Morgan fingerprint density at radius 1 is 1.00 bits per heavy atom.